The van der Waals surface area contributed by atoms with Crippen LogP contribution in [0.2, 0.25) is 0 Å². The van der Waals surface area contributed by atoms with Crippen molar-refractivity contribution in [3.8, 4) is 11.1 Å². The van der Waals surface area contributed by atoms with E-state index in [0.717, 1.165) is 79.6 Å². The van der Waals surface area contributed by atoms with Gasteiger partial charge in [0.1, 0.15) is 11.3 Å². The number of carbonyl (C=O) groups excluding carboxylic acids is 1. The lowest BCUT2D eigenvalue weighted by atomic mass is 9.82. The van der Waals surface area contributed by atoms with Gasteiger partial charge >= 0.3 is 0 Å². The molecule has 2 fully saturated rings. The van der Waals surface area contributed by atoms with Gasteiger partial charge in [-0.05, 0) is 62.3 Å². The minimum Gasteiger partial charge on any atom is -0.381 e. The SMILES string of the molecule is O=C(N[C@H]1CC[C@H](c2n[nH]c(=O)c3ccccc32)CC1)c1cnc2cc(-c3cnn(C4CCOCC4)c3)ccn12. The number of nitrogens with zero attached hydrogens (tertiary/aromatic N) is 5. The minimum absolute atomic E-state index is 0.0821. The number of carbonyl (C=O) groups is 1. The average Bonchev–Trinajstić information content (AvgIpc) is 3.66. The Kier molecular flexibility index (Phi) is 6.39. The number of benzene rings is 1. The monoisotopic (exact) mass is 537 g/mol. The van der Waals surface area contributed by atoms with Crippen molar-refractivity contribution < 1.29 is 9.53 Å². The van der Waals surface area contributed by atoms with Crippen molar-refractivity contribution in [1.82, 2.24) is 34.7 Å². The van der Waals surface area contributed by atoms with Crippen LogP contribution in [0.25, 0.3) is 27.5 Å². The molecule has 1 aromatic carbocycles. The van der Waals surface area contributed by atoms with Gasteiger partial charge in [0.15, 0.2) is 0 Å². The standard InChI is InChI=1S/C30H31N7O3/c38-29-25-4-2-1-3-24(25)28(34-35-29)19-5-7-22(8-6-19)33-30(39)26-17-31-27-15-20(9-12-36(26)27)21-16-32-37(18-21)23-10-13-40-14-11-23/h1-4,9,12,15-19,22-23H,5-8,10-11,13-14H2,(H,33,39)(H,35,38)/t19-,22-. The summed E-state index contributed by atoms with van der Waals surface area (Å²) in [5.41, 5.74) is 4.08. The maximum Gasteiger partial charge on any atom is 0.272 e. The van der Waals surface area contributed by atoms with E-state index in [4.69, 9.17) is 4.74 Å². The van der Waals surface area contributed by atoms with Gasteiger partial charge < -0.3 is 10.1 Å². The molecule has 5 aromatic rings. The second kappa shape index (κ2) is 10.3. The number of aromatic amines is 1. The molecule has 5 heterocycles. The zero-order chi connectivity index (χ0) is 27.1. The number of ether oxygens (including phenoxy) is 1. The van der Waals surface area contributed by atoms with Crippen LogP contribution in [-0.4, -0.2) is 54.5 Å². The highest BCUT2D eigenvalue weighted by Crippen LogP contribution is 2.34. The molecule has 1 saturated heterocycles. The molecule has 1 amide bonds. The van der Waals surface area contributed by atoms with Crippen molar-refractivity contribution in [2.45, 2.75) is 56.5 Å². The van der Waals surface area contributed by atoms with Crippen molar-refractivity contribution in [1.29, 1.82) is 0 Å². The first-order chi connectivity index (χ1) is 19.6. The maximum absolute atomic E-state index is 13.2. The summed E-state index contributed by atoms with van der Waals surface area (Å²) >= 11 is 0. The predicted octanol–water partition coefficient (Wildman–Crippen LogP) is 4.24. The van der Waals surface area contributed by atoms with Crippen LogP contribution in [-0.2, 0) is 4.74 Å². The van der Waals surface area contributed by atoms with Gasteiger partial charge in [0.2, 0.25) is 0 Å². The van der Waals surface area contributed by atoms with Crippen molar-refractivity contribution in [3.63, 3.8) is 0 Å². The third-order valence-electron chi connectivity index (χ3n) is 8.42. The zero-order valence-corrected chi connectivity index (χ0v) is 22.1. The lowest BCUT2D eigenvalue weighted by molar-refractivity contribution is 0.0662. The molecule has 0 bridgehead atoms. The molecule has 2 N–H and O–H groups in total. The summed E-state index contributed by atoms with van der Waals surface area (Å²) < 4.78 is 9.35. The normalized spacial score (nSPS) is 20.2. The lowest BCUT2D eigenvalue weighted by Crippen LogP contribution is -2.38. The number of pyridine rings is 1. The van der Waals surface area contributed by atoms with Gasteiger partial charge in [0, 0.05) is 48.5 Å². The molecular formula is C30H31N7O3. The lowest BCUT2D eigenvalue weighted by Gasteiger charge is -2.29. The van der Waals surface area contributed by atoms with Crippen molar-refractivity contribution in [2.75, 3.05) is 13.2 Å². The Balaban J connectivity index is 1.02. The predicted molar refractivity (Wildman–Crippen MR) is 150 cm³/mol. The van der Waals surface area contributed by atoms with Crippen LogP contribution in [0.4, 0.5) is 0 Å². The van der Waals surface area contributed by atoms with Crippen LogP contribution in [0.15, 0.2) is 66.0 Å². The highest BCUT2D eigenvalue weighted by Gasteiger charge is 2.27. The minimum atomic E-state index is -0.162. The van der Waals surface area contributed by atoms with E-state index in [2.05, 4.69) is 31.8 Å². The fraction of sp³-hybridized carbons (Fsp3) is 0.367. The Morgan fingerprint density at radius 1 is 0.975 bits per heavy atom. The van der Waals surface area contributed by atoms with Crippen molar-refractivity contribution in [2.24, 2.45) is 0 Å². The second-order valence-corrected chi connectivity index (χ2v) is 10.8. The Labute approximate surface area is 230 Å². The van der Waals surface area contributed by atoms with E-state index in [0.29, 0.717) is 17.1 Å². The molecular weight excluding hydrogens is 506 g/mol. The smallest absolute Gasteiger partial charge is 0.272 e. The number of nitrogens with one attached hydrogen (secondary N) is 2. The summed E-state index contributed by atoms with van der Waals surface area (Å²) in [7, 11) is 0. The van der Waals surface area contributed by atoms with Crippen molar-refractivity contribution in [3.05, 3.63) is 82.9 Å². The Bertz CT molecular complexity index is 1740. The van der Waals surface area contributed by atoms with Crippen LogP contribution in [0.5, 0.6) is 0 Å². The topological polar surface area (TPSA) is 119 Å². The van der Waals surface area contributed by atoms with Crippen LogP contribution < -0.4 is 10.9 Å². The van der Waals surface area contributed by atoms with E-state index in [-0.39, 0.29) is 23.4 Å². The van der Waals surface area contributed by atoms with Gasteiger partial charge in [-0.2, -0.15) is 10.2 Å². The van der Waals surface area contributed by atoms with E-state index in [1.807, 2.05) is 57.9 Å². The molecule has 10 heteroatoms. The van der Waals surface area contributed by atoms with Crippen LogP contribution in [0, 0.1) is 0 Å². The fourth-order valence-electron chi connectivity index (χ4n) is 6.18. The summed E-state index contributed by atoms with van der Waals surface area (Å²) in [5, 5.41) is 16.4. The fourth-order valence-corrected chi connectivity index (χ4v) is 6.18. The summed E-state index contributed by atoms with van der Waals surface area (Å²) in [6.45, 7) is 1.55. The first-order valence-corrected chi connectivity index (χ1v) is 14.0. The Morgan fingerprint density at radius 3 is 2.60 bits per heavy atom. The number of rotatable bonds is 5. The molecule has 7 rings (SSSR count). The summed E-state index contributed by atoms with van der Waals surface area (Å²) in [6, 6.07) is 12.1. The summed E-state index contributed by atoms with van der Waals surface area (Å²) in [5.74, 6) is 0.128. The number of H-pyrrole nitrogens is 1. The molecule has 40 heavy (non-hydrogen) atoms. The molecule has 4 aromatic heterocycles. The highest BCUT2D eigenvalue weighted by atomic mass is 16.5. The van der Waals surface area contributed by atoms with Crippen molar-refractivity contribution >= 4 is 22.3 Å². The van der Waals surface area contributed by atoms with Crippen LogP contribution in [0.1, 0.15) is 66.7 Å². The Morgan fingerprint density at radius 2 is 1.77 bits per heavy atom. The molecule has 0 unspecified atom stereocenters. The van der Waals surface area contributed by atoms with E-state index in [9.17, 15) is 9.59 Å². The molecule has 1 saturated carbocycles. The summed E-state index contributed by atoms with van der Waals surface area (Å²) in [6.07, 6.45) is 13.0. The number of hydrogen-bond acceptors (Lipinski definition) is 6. The first-order valence-electron chi connectivity index (χ1n) is 14.0. The second-order valence-electron chi connectivity index (χ2n) is 10.8. The summed E-state index contributed by atoms with van der Waals surface area (Å²) in [4.78, 5) is 29.9. The van der Waals surface area contributed by atoms with E-state index in [1.165, 1.54) is 0 Å². The molecule has 0 radical (unpaired) electrons. The third kappa shape index (κ3) is 4.58. The molecule has 1 aliphatic carbocycles. The number of imidazole rings is 1. The number of hydrogen-bond donors (Lipinski definition) is 2. The average molecular weight is 538 g/mol. The van der Waals surface area contributed by atoms with Gasteiger partial charge in [-0.3, -0.25) is 18.7 Å². The van der Waals surface area contributed by atoms with Gasteiger partial charge in [-0.1, -0.05) is 18.2 Å². The third-order valence-corrected chi connectivity index (χ3v) is 8.42. The molecule has 10 nitrogen and oxygen atoms in total. The van der Waals surface area contributed by atoms with Crippen LogP contribution >= 0.6 is 0 Å². The quantitative estimate of drug-likeness (QED) is 0.346. The number of fused-ring (bicyclic) bond motifs is 2. The number of aromatic nitrogens is 6. The van der Waals surface area contributed by atoms with E-state index < -0.39 is 0 Å². The molecule has 1 aliphatic heterocycles. The molecule has 0 atom stereocenters. The van der Waals surface area contributed by atoms with Gasteiger partial charge in [0.25, 0.3) is 11.5 Å². The molecule has 2 aliphatic rings. The molecule has 0 spiro atoms. The van der Waals surface area contributed by atoms with E-state index >= 15 is 0 Å². The zero-order valence-electron chi connectivity index (χ0n) is 22.1. The Hall–Kier alpha value is -4.31. The first kappa shape index (κ1) is 24.7. The highest BCUT2D eigenvalue weighted by molar-refractivity contribution is 5.93. The molecule has 204 valence electrons. The van der Waals surface area contributed by atoms with Gasteiger partial charge in [-0.15, -0.1) is 0 Å². The van der Waals surface area contributed by atoms with Crippen LogP contribution in [0.3, 0.4) is 0 Å². The largest absolute Gasteiger partial charge is 0.381 e. The van der Waals surface area contributed by atoms with Gasteiger partial charge in [-0.25, -0.2) is 10.1 Å². The maximum atomic E-state index is 13.2. The van der Waals surface area contributed by atoms with E-state index in [1.54, 1.807) is 6.20 Å². The number of amides is 1. The van der Waals surface area contributed by atoms with Gasteiger partial charge in [0.05, 0.1) is 29.5 Å².